The van der Waals surface area contributed by atoms with E-state index in [1.165, 1.54) is 12.1 Å². The van der Waals surface area contributed by atoms with E-state index in [9.17, 15) is 10.1 Å². The van der Waals surface area contributed by atoms with Crippen molar-refractivity contribution in [1.29, 1.82) is 5.26 Å². The summed E-state index contributed by atoms with van der Waals surface area (Å²) in [6.45, 7) is 4.68. The summed E-state index contributed by atoms with van der Waals surface area (Å²) in [6.07, 6.45) is 1.48. The van der Waals surface area contributed by atoms with Gasteiger partial charge in [0.2, 0.25) is 0 Å². The first-order chi connectivity index (χ1) is 16.3. The first-order valence-corrected chi connectivity index (χ1v) is 11.9. The number of carbonyl (C=O) groups is 1. The van der Waals surface area contributed by atoms with E-state index < -0.39 is 5.91 Å². The van der Waals surface area contributed by atoms with E-state index >= 15 is 0 Å². The van der Waals surface area contributed by atoms with Gasteiger partial charge in [-0.2, -0.15) is 5.26 Å². The third kappa shape index (κ3) is 6.77. The molecule has 0 unspecified atom stereocenters. The molecule has 5 nitrogen and oxygen atoms in total. The van der Waals surface area contributed by atoms with Gasteiger partial charge < -0.3 is 14.8 Å². The maximum atomic E-state index is 12.6. The first kappa shape index (κ1) is 25.6. The van der Waals surface area contributed by atoms with Crippen molar-refractivity contribution < 1.29 is 14.3 Å². The zero-order valence-corrected chi connectivity index (χ0v) is 21.6. The molecule has 3 rings (SSSR count). The first-order valence-electron chi connectivity index (χ1n) is 10.3. The largest absolute Gasteiger partial charge is 0.490 e. The minimum atomic E-state index is -0.574. The van der Waals surface area contributed by atoms with Crippen molar-refractivity contribution in [1.82, 2.24) is 0 Å². The summed E-state index contributed by atoms with van der Waals surface area (Å²) in [5.74, 6) is 0.465. The molecule has 0 bridgehead atoms. The highest BCUT2D eigenvalue weighted by atomic mass is 79.9. The second kappa shape index (κ2) is 11.9. The van der Waals surface area contributed by atoms with Gasteiger partial charge in [0.1, 0.15) is 18.2 Å². The zero-order chi connectivity index (χ0) is 24.7. The van der Waals surface area contributed by atoms with E-state index in [1.807, 2.05) is 38.1 Å². The molecule has 3 aromatic rings. The minimum Gasteiger partial charge on any atom is -0.490 e. The van der Waals surface area contributed by atoms with E-state index in [2.05, 4.69) is 27.3 Å². The third-order valence-corrected chi connectivity index (χ3v) is 5.98. The molecule has 1 N–H and O–H groups in total. The Bertz CT molecular complexity index is 1290. The van der Waals surface area contributed by atoms with E-state index in [-0.39, 0.29) is 5.57 Å². The van der Waals surface area contributed by atoms with Crippen LogP contribution in [-0.2, 0) is 11.4 Å². The second-order valence-corrected chi connectivity index (χ2v) is 8.96. The number of ether oxygens (including phenoxy) is 2. The van der Waals surface area contributed by atoms with Crippen molar-refractivity contribution in [2.24, 2.45) is 0 Å². The summed E-state index contributed by atoms with van der Waals surface area (Å²) >= 11 is 15.4. The minimum absolute atomic E-state index is 0.0890. The van der Waals surface area contributed by atoms with Crippen LogP contribution in [0.5, 0.6) is 11.5 Å². The van der Waals surface area contributed by atoms with Crippen LogP contribution in [0, 0.1) is 18.3 Å². The summed E-state index contributed by atoms with van der Waals surface area (Å²) in [4.78, 5) is 12.6. The van der Waals surface area contributed by atoms with Crippen LogP contribution in [0.2, 0.25) is 10.0 Å². The molecular formula is C26H21BrCl2N2O3. The number of rotatable bonds is 8. The van der Waals surface area contributed by atoms with Gasteiger partial charge in [0.15, 0.2) is 11.5 Å². The molecule has 8 heteroatoms. The topological polar surface area (TPSA) is 71.3 Å². The lowest BCUT2D eigenvalue weighted by Gasteiger charge is -2.15. The predicted molar refractivity (Wildman–Crippen MR) is 140 cm³/mol. The smallest absolute Gasteiger partial charge is 0.266 e. The molecule has 0 saturated heterocycles. The Hall–Kier alpha value is -2.98. The van der Waals surface area contributed by atoms with Crippen LogP contribution in [0.15, 0.2) is 64.6 Å². The van der Waals surface area contributed by atoms with E-state index in [0.717, 1.165) is 11.1 Å². The van der Waals surface area contributed by atoms with Crippen molar-refractivity contribution in [2.45, 2.75) is 20.5 Å². The molecule has 174 valence electrons. The summed E-state index contributed by atoms with van der Waals surface area (Å²) < 4.78 is 12.4. The Morgan fingerprint density at radius 2 is 1.91 bits per heavy atom. The zero-order valence-electron chi connectivity index (χ0n) is 18.5. The fourth-order valence-corrected chi connectivity index (χ4v) is 3.99. The van der Waals surface area contributed by atoms with Gasteiger partial charge in [-0.25, -0.2) is 0 Å². The van der Waals surface area contributed by atoms with Crippen molar-refractivity contribution in [3.8, 4) is 17.6 Å². The van der Waals surface area contributed by atoms with Gasteiger partial charge in [-0.3, -0.25) is 4.79 Å². The Kier molecular flexibility index (Phi) is 9.00. The van der Waals surface area contributed by atoms with Gasteiger partial charge in [0.05, 0.1) is 21.1 Å². The predicted octanol–water partition coefficient (Wildman–Crippen LogP) is 7.59. The number of nitrogens with one attached hydrogen (secondary N) is 1. The Labute approximate surface area is 217 Å². The van der Waals surface area contributed by atoms with Crippen molar-refractivity contribution in [3.63, 3.8) is 0 Å². The number of carbonyl (C=O) groups excluding carboxylic acids is 1. The van der Waals surface area contributed by atoms with E-state index in [0.29, 0.717) is 50.5 Å². The second-order valence-electron chi connectivity index (χ2n) is 7.29. The van der Waals surface area contributed by atoms with Gasteiger partial charge in [0.25, 0.3) is 5.91 Å². The SMILES string of the molecule is CCOc1cc(/C=C(\C#N)C(=O)Nc2ccc(Cl)c(Cl)c2)cc(Br)c1OCc1cccc(C)c1. The molecule has 1 amide bonds. The third-order valence-electron chi connectivity index (χ3n) is 4.65. The van der Waals surface area contributed by atoms with Crippen LogP contribution in [0.4, 0.5) is 5.69 Å². The van der Waals surface area contributed by atoms with Crippen LogP contribution in [0.3, 0.4) is 0 Å². The molecule has 0 aromatic heterocycles. The fraction of sp³-hybridized carbons (Fsp3) is 0.154. The van der Waals surface area contributed by atoms with Gasteiger partial charge in [-0.05, 0) is 77.3 Å². The maximum absolute atomic E-state index is 12.6. The highest BCUT2D eigenvalue weighted by Gasteiger charge is 2.15. The number of aryl methyl sites for hydroxylation is 1. The molecule has 0 heterocycles. The normalized spacial score (nSPS) is 11.0. The molecule has 0 aliphatic carbocycles. The Balaban J connectivity index is 1.85. The standard InChI is InChI=1S/C26H21BrCl2N2O3/c1-3-33-24-12-18(11-21(27)25(24)34-15-17-6-4-5-16(2)9-17)10-19(14-30)26(32)31-20-7-8-22(28)23(29)13-20/h4-13H,3,15H2,1-2H3,(H,31,32)/b19-10+. The number of hydrogen-bond acceptors (Lipinski definition) is 4. The summed E-state index contributed by atoms with van der Waals surface area (Å²) in [5.41, 5.74) is 3.11. The summed E-state index contributed by atoms with van der Waals surface area (Å²) in [7, 11) is 0. The van der Waals surface area contributed by atoms with Gasteiger partial charge in [-0.1, -0.05) is 53.0 Å². The van der Waals surface area contributed by atoms with E-state index in [4.69, 9.17) is 32.7 Å². The molecule has 0 aliphatic rings. The van der Waals surface area contributed by atoms with Crippen LogP contribution < -0.4 is 14.8 Å². The van der Waals surface area contributed by atoms with Gasteiger partial charge in [0, 0.05) is 5.69 Å². The Morgan fingerprint density at radius 3 is 2.59 bits per heavy atom. The number of amides is 1. The average molecular weight is 560 g/mol. The number of halogens is 3. The highest BCUT2D eigenvalue weighted by molar-refractivity contribution is 9.10. The molecule has 0 saturated carbocycles. The van der Waals surface area contributed by atoms with Crippen molar-refractivity contribution >= 4 is 56.8 Å². The van der Waals surface area contributed by atoms with Crippen molar-refractivity contribution in [3.05, 3.63) is 91.4 Å². The number of hydrogen-bond donors (Lipinski definition) is 1. The van der Waals surface area contributed by atoms with Gasteiger partial charge in [-0.15, -0.1) is 0 Å². The van der Waals surface area contributed by atoms with Crippen LogP contribution in [-0.4, -0.2) is 12.5 Å². The van der Waals surface area contributed by atoms with Crippen LogP contribution in [0.25, 0.3) is 6.08 Å². The molecule has 0 radical (unpaired) electrons. The molecule has 0 spiro atoms. The molecule has 0 fully saturated rings. The lowest BCUT2D eigenvalue weighted by atomic mass is 10.1. The fourth-order valence-electron chi connectivity index (χ4n) is 3.12. The number of nitriles is 1. The number of anilines is 1. The number of nitrogens with zero attached hydrogens (tertiary/aromatic N) is 1. The van der Waals surface area contributed by atoms with Crippen LogP contribution >= 0.6 is 39.1 Å². The molecule has 3 aromatic carbocycles. The molecule has 34 heavy (non-hydrogen) atoms. The molecular weight excluding hydrogens is 539 g/mol. The lowest BCUT2D eigenvalue weighted by Crippen LogP contribution is -2.13. The summed E-state index contributed by atoms with van der Waals surface area (Å²) in [6, 6.07) is 18.2. The van der Waals surface area contributed by atoms with E-state index in [1.54, 1.807) is 24.3 Å². The molecule has 0 atom stereocenters. The monoisotopic (exact) mass is 558 g/mol. The van der Waals surface area contributed by atoms with Crippen LogP contribution in [0.1, 0.15) is 23.6 Å². The average Bonchev–Trinajstić information content (AvgIpc) is 2.79. The Morgan fingerprint density at radius 1 is 1.12 bits per heavy atom. The number of benzene rings is 3. The highest BCUT2D eigenvalue weighted by Crippen LogP contribution is 2.38. The maximum Gasteiger partial charge on any atom is 0.266 e. The molecule has 0 aliphatic heterocycles. The summed E-state index contributed by atoms with van der Waals surface area (Å²) in [5, 5.41) is 12.9. The quantitative estimate of drug-likeness (QED) is 0.228. The van der Waals surface area contributed by atoms with Crippen molar-refractivity contribution in [2.75, 3.05) is 11.9 Å². The lowest BCUT2D eigenvalue weighted by molar-refractivity contribution is -0.112. The van der Waals surface area contributed by atoms with Gasteiger partial charge >= 0.3 is 0 Å².